The summed E-state index contributed by atoms with van der Waals surface area (Å²) in [5.74, 6) is 2.39. The minimum atomic E-state index is -0.311. The fourth-order valence-electron chi connectivity index (χ4n) is 5.07. The molecule has 2 unspecified atom stereocenters. The largest absolute Gasteiger partial charge is 0.494 e. The molecule has 36 heavy (non-hydrogen) atoms. The number of allylic oxidation sites excluding steroid dienone is 1. The van der Waals surface area contributed by atoms with E-state index in [1.165, 1.54) is 0 Å². The van der Waals surface area contributed by atoms with Crippen LogP contribution in [-0.4, -0.2) is 26.6 Å². The molecule has 0 fully saturated rings. The molecule has 6 heteroatoms. The van der Waals surface area contributed by atoms with Gasteiger partial charge in [0.1, 0.15) is 5.75 Å². The van der Waals surface area contributed by atoms with Gasteiger partial charge in [0.2, 0.25) is 0 Å². The zero-order valence-electron chi connectivity index (χ0n) is 21.0. The average molecular weight is 485 g/mol. The number of rotatable bonds is 7. The molecule has 0 saturated heterocycles. The molecule has 1 aliphatic carbocycles. The fraction of sp³-hybridized carbons (Fsp3) is 0.300. The summed E-state index contributed by atoms with van der Waals surface area (Å²) < 4.78 is 16.7. The summed E-state index contributed by atoms with van der Waals surface area (Å²) in [6, 6.07) is 21.8. The molecule has 1 aliphatic heterocycles. The van der Waals surface area contributed by atoms with Crippen LogP contribution in [0.1, 0.15) is 49.3 Å². The van der Waals surface area contributed by atoms with Gasteiger partial charge >= 0.3 is 0 Å². The quantitative estimate of drug-likeness (QED) is 0.400. The van der Waals surface area contributed by atoms with Gasteiger partial charge in [0, 0.05) is 17.7 Å². The lowest BCUT2D eigenvalue weighted by Gasteiger charge is -2.30. The first-order valence-electron chi connectivity index (χ1n) is 12.4. The summed E-state index contributed by atoms with van der Waals surface area (Å²) in [5.41, 5.74) is 5.74. The highest BCUT2D eigenvalue weighted by atomic mass is 16.5. The number of benzene rings is 3. The summed E-state index contributed by atoms with van der Waals surface area (Å²) in [6.07, 6.45) is 2.17. The number of hydrogen-bond acceptors (Lipinski definition) is 6. The predicted octanol–water partition coefficient (Wildman–Crippen LogP) is 6.47. The Morgan fingerprint density at radius 3 is 2.31 bits per heavy atom. The van der Waals surface area contributed by atoms with E-state index in [0.717, 1.165) is 52.4 Å². The molecule has 6 nitrogen and oxygen atoms in total. The monoisotopic (exact) mass is 484 g/mol. The smallest absolute Gasteiger partial charge is 0.163 e. The van der Waals surface area contributed by atoms with Crippen LogP contribution in [0.25, 0.3) is 0 Å². The van der Waals surface area contributed by atoms with Crippen molar-refractivity contribution in [2.45, 2.75) is 38.1 Å². The lowest BCUT2D eigenvalue weighted by molar-refractivity contribution is -0.116. The molecule has 2 atom stereocenters. The second-order valence-corrected chi connectivity index (χ2v) is 9.20. The molecule has 0 bridgehead atoms. The van der Waals surface area contributed by atoms with Crippen molar-refractivity contribution in [3.8, 4) is 17.2 Å². The van der Waals surface area contributed by atoms with Crippen LogP contribution < -0.4 is 24.8 Å². The molecule has 0 saturated carbocycles. The zero-order chi connectivity index (χ0) is 25.1. The molecule has 0 amide bonds. The molecule has 3 aromatic rings. The van der Waals surface area contributed by atoms with Gasteiger partial charge in [-0.3, -0.25) is 4.79 Å². The zero-order valence-corrected chi connectivity index (χ0v) is 21.0. The minimum Gasteiger partial charge on any atom is -0.494 e. The number of carbonyl (C=O) groups excluding carboxylic acids is 1. The van der Waals surface area contributed by atoms with E-state index in [1.54, 1.807) is 14.2 Å². The Morgan fingerprint density at radius 2 is 1.58 bits per heavy atom. The number of ketones is 1. The Morgan fingerprint density at radius 1 is 0.861 bits per heavy atom. The van der Waals surface area contributed by atoms with E-state index < -0.39 is 0 Å². The van der Waals surface area contributed by atoms with E-state index in [-0.39, 0.29) is 17.7 Å². The number of para-hydroxylation sites is 2. The van der Waals surface area contributed by atoms with Crippen LogP contribution in [-0.2, 0) is 4.79 Å². The first-order valence-corrected chi connectivity index (χ1v) is 12.4. The number of ether oxygens (including phenoxy) is 3. The van der Waals surface area contributed by atoms with Gasteiger partial charge in [0.25, 0.3) is 0 Å². The van der Waals surface area contributed by atoms with Crippen molar-refractivity contribution >= 4 is 17.2 Å². The predicted molar refractivity (Wildman–Crippen MR) is 142 cm³/mol. The fourth-order valence-corrected chi connectivity index (χ4v) is 5.07. The van der Waals surface area contributed by atoms with Crippen LogP contribution >= 0.6 is 0 Å². The molecular formula is C30H32N2O4. The Hall–Kier alpha value is -3.93. The van der Waals surface area contributed by atoms with Crippen molar-refractivity contribution < 1.29 is 19.0 Å². The Kier molecular flexibility index (Phi) is 6.85. The number of nitrogens with one attached hydrogen (secondary N) is 2. The number of methoxy groups -OCH3 is 2. The lowest BCUT2D eigenvalue weighted by atomic mass is 9.78. The maximum atomic E-state index is 13.8. The highest BCUT2D eigenvalue weighted by Gasteiger charge is 2.36. The summed E-state index contributed by atoms with van der Waals surface area (Å²) in [5, 5.41) is 7.22. The second kappa shape index (κ2) is 10.4. The van der Waals surface area contributed by atoms with Crippen molar-refractivity contribution in [1.82, 2.24) is 0 Å². The van der Waals surface area contributed by atoms with Crippen LogP contribution in [0.4, 0.5) is 11.4 Å². The van der Waals surface area contributed by atoms with E-state index in [1.807, 2.05) is 54.6 Å². The number of Topliss-reactive ketones (excluding diaryl/α,β-unsaturated/α-hetero) is 1. The highest BCUT2D eigenvalue weighted by Crippen LogP contribution is 2.45. The molecule has 0 radical (unpaired) electrons. The standard InChI is InChI=1S/C30H32N2O4/c1-4-15-36-22-12-9-19(10-13-22)21-16-25-29(26(33)17-21)30(32-24-8-6-5-7-23(24)31-25)20-11-14-27(34-2)28(18-20)35-3/h5-14,18,21,30-32H,4,15-17H2,1-3H3. The molecule has 2 aliphatic rings. The van der Waals surface area contributed by atoms with Crippen LogP contribution in [0.2, 0.25) is 0 Å². The Labute approximate surface area is 212 Å². The van der Waals surface area contributed by atoms with Gasteiger partial charge < -0.3 is 24.8 Å². The van der Waals surface area contributed by atoms with Crippen molar-refractivity contribution in [3.63, 3.8) is 0 Å². The van der Waals surface area contributed by atoms with Crippen LogP contribution in [0.3, 0.4) is 0 Å². The first-order chi connectivity index (χ1) is 17.6. The third kappa shape index (κ3) is 4.63. The van der Waals surface area contributed by atoms with Gasteiger partial charge in [0.05, 0.1) is 38.2 Å². The molecule has 5 rings (SSSR count). The molecule has 186 valence electrons. The van der Waals surface area contributed by atoms with Gasteiger partial charge in [-0.05, 0) is 66.3 Å². The molecular weight excluding hydrogens is 452 g/mol. The van der Waals surface area contributed by atoms with E-state index >= 15 is 0 Å². The number of fused-ring (bicyclic) bond motifs is 1. The molecule has 2 N–H and O–H groups in total. The number of anilines is 2. The second-order valence-electron chi connectivity index (χ2n) is 9.20. The van der Waals surface area contributed by atoms with Crippen LogP contribution in [0.5, 0.6) is 17.2 Å². The van der Waals surface area contributed by atoms with Gasteiger partial charge in [-0.1, -0.05) is 37.3 Å². The van der Waals surface area contributed by atoms with Gasteiger partial charge in [0.15, 0.2) is 17.3 Å². The van der Waals surface area contributed by atoms with Gasteiger partial charge in [-0.15, -0.1) is 0 Å². The third-order valence-electron chi connectivity index (χ3n) is 6.87. The molecule has 0 spiro atoms. The van der Waals surface area contributed by atoms with Crippen LogP contribution in [0.15, 0.2) is 78.0 Å². The third-order valence-corrected chi connectivity index (χ3v) is 6.87. The van der Waals surface area contributed by atoms with Gasteiger partial charge in [-0.25, -0.2) is 0 Å². The maximum Gasteiger partial charge on any atom is 0.163 e. The Bertz CT molecular complexity index is 1280. The van der Waals surface area contributed by atoms with Crippen molar-refractivity contribution in [2.24, 2.45) is 0 Å². The summed E-state index contributed by atoms with van der Waals surface area (Å²) >= 11 is 0. The Balaban J connectivity index is 1.53. The van der Waals surface area contributed by atoms with E-state index in [9.17, 15) is 4.79 Å². The van der Waals surface area contributed by atoms with Crippen molar-refractivity contribution in [1.29, 1.82) is 0 Å². The summed E-state index contributed by atoms with van der Waals surface area (Å²) in [6.45, 7) is 2.79. The molecule has 1 heterocycles. The highest BCUT2D eigenvalue weighted by molar-refractivity contribution is 6.01. The minimum absolute atomic E-state index is 0.0975. The topological polar surface area (TPSA) is 68.8 Å². The maximum absolute atomic E-state index is 13.8. The van der Waals surface area contributed by atoms with E-state index in [4.69, 9.17) is 14.2 Å². The SMILES string of the molecule is CCCOc1ccc(C2CC(=O)C3=C(C2)Nc2ccccc2NC3c2ccc(OC)c(OC)c2)cc1. The molecule has 3 aromatic carbocycles. The average Bonchev–Trinajstić information content (AvgIpc) is 3.08. The van der Waals surface area contributed by atoms with Crippen molar-refractivity contribution in [3.05, 3.63) is 89.1 Å². The number of hydrogen-bond donors (Lipinski definition) is 2. The van der Waals surface area contributed by atoms with E-state index in [0.29, 0.717) is 24.5 Å². The summed E-state index contributed by atoms with van der Waals surface area (Å²) in [7, 11) is 3.24. The summed E-state index contributed by atoms with van der Waals surface area (Å²) in [4.78, 5) is 13.8. The van der Waals surface area contributed by atoms with Crippen LogP contribution in [0, 0.1) is 0 Å². The van der Waals surface area contributed by atoms with E-state index in [2.05, 4.69) is 29.7 Å². The first kappa shape index (κ1) is 23.8. The van der Waals surface area contributed by atoms with Gasteiger partial charge in [-0.2, -0.15) is 0 Å². The number of carbonyl (C=O) groups is 1. The molecule has 0 aromatic heterocycles. The normalized spacial score (nSPS) is 18.8. The van der Waals surface area contributed by atoms with Crippen molar-refractivity contribution in [2.75, 3.05) is 31.5 Å². The lowest BCUT2D eigenvalue weighted by Crippen LogP contribution is -2.26.